The lowest BCUT2D eigenvalue weighted by atomic mass is 9.99. The molecular formula is C11H18N2S. The normalized spacial score (nSPS) is 10.5. The lowest BCUT2D eigenvalue weighted by Gasteiger charge is -2.14. The highest BCUT2D eigenvalue weighted by molar-refractivity contribution is 7.79. The van der Waals surface area contributed by atoms with Gasteiger partial charge in [0.15, 0.2) is 0 Å². The Balaban J connectivity index is 3.27. The van der Waals surface area contributed by atoms with Crippen molar-refractivity contribution in [3.8, 4) is 0 Å². The van der Waals surface area contributed by atoms with E-state index in [2.05, 4.69) is 25.6 Å². The van der Waals surface area contributed by atoms with Crippen molar-refractivity contribution in [3.63, 3.8) is 0 Å². The van der Waals surface area contributed by atoms with Crippen LogP contribution < -0.4 is 11.5 Å². The molecule has 0 amide bonds. The van der Waals surface area contributed by atoms with Crippen LogP contribution in [-0.4, -0.2) is 0 Å². The Hall–Kier alpha value is -0.830. The molecular weight excluding hydrogens is 192 g/mol. The molecule has 4 N–H and O–H groups in total. The summed E-state index contributed by atoms with van der Waals surface area (Å²) in [5.74, 6) is 0.607. The zero-order valence-electron chi connectivity index (χ0n) is 8.80. The smallest absolute Gasteiger partial charge is 0.0408 e. The number of benzene rings is 1. The standard InChI is InChI=1S/C11H18N2S/c1-3-4-8-5-7(2)10(12)9(6-14)11(8)13/h5,14H,3-4,6,12-13H2,1-2H3. The number of hydrogen-bond acceptors (Lipinski definition) is 3. The molecule has 0 saturated heterocycles. The van der Waals surface area contributed by atoms with Gasteiger partial charge in [-0.2, -0.15) is 12.6 Å². The molecule has 0 aliphatic carbocycles. The van der Waals surface area contributed by atoms with Gasteiger partial charge in [-0.3, -0.25) is 0 Å². The lowest BCUT2D eigenvalue weighted by Crippen LogP contribution is -2.05. The van der Waals surface area contributed by atoms with Gasteiger partial charge in [-0.1, -0.05) is 19.4 Å². The average molecular weight is 210 g/mol. The van der Waals surface area contributed by atoms with E-state index in [-0.39, 0.29) is 0 Å². The molecule has 0 fully saturated rings. The minimum Gasteiger partial charge on any atom is -0.398 e. The molecule has 0 aromatic heterocycles. The summed E-state index contributed by atoms with van der Waals surface area (Å²) in [6, 6.07) is 2.08. The number of thiol groups is 1. The van der Waals surface area contributed by atoms with Gasteiger partial charge in [0.1, 0.15) is 0 Å². The fourth-order valence-electron chi connectivity index (χ4n) is 1.64. The first-order valence-corrected chi connectivity index (χ1v) is 5.52. The quantitative estimate of drug-likeness (QED) is 0.530. The SMILES string of the molecule is CCCc1cc(C)c(N)c(CS)c1N. The van der Waals surface area contributed by atoms with Crippen molar-refractivity contribution in [1.82, 2.24) is 0 Å². The molecule has 0 aliphatic heterocycles. The van der Waals surface area contributed by atoms with Crippen LogP contribution in [0.15, 0.2) is 6.07 Å². The van der Waals surface area contributed by atoms with E-state index in [9.17, 15) is 0 Å². The first-order valence-electron chi connectivity index (χ1n) is 4.89. The molecule has 78 valence electrons. The number of nitrogen functional groups attached to an aromatic ring is 2. The summed E-state index contributed by atoms with van der Waals surface area (Å²) >= 11 is 4.25. The number of anilines is 2. The molecule has 0 heterocycles. The van der Waals surface area contributed by atoms with Gasteiger partial charge < -0.3 is 11.5 Å². The summed E-state index contributed by atoms with van der Waals surface area (Å²) in [7, 11) is 0. The van der Waals surface area contributed by atoms with Crippen LogP contribution in [0.25, 0.3) is 0 Å². The van der Waals surface area contributed by atoms with Crippen LogP contribution >= 0.6 is 12.6 Å². The molecule has 3 heteroatoms. The van der Waals surface area contributed by atoms with Gasteiger partial charge in [0.05, 0.1) is 0 Å². The van der Waals surface area contributed by atoms with Gasteiger partial charge in [0.2, 0.25) is 0 Å². The van der Waals surface area contributed by atoms with Crippen LogP contribution in [0, 0.1) is 6.92 Å². The van der Waals surface area contributed by atoms with Crippen molar-refractivity contribution in [2.75, 3.05) is 11.5 Å². The summed E-state index contributed by atoms with van der Waals surface area (Å²) in [6.45, 7) is 4.16. The van der Waals surface area contributed by atoms with Gasteiger partial charge in [-0.05, 0) is 24.5 Å². The Bertz CT molecular complexity index is 335. The fourth-order valence-corrected chi connectivity index (χ4v) is 1.98. The van der Waals surface area contributed by atoms with Crippen LogP contribution in [-0.2, 0) is 12.2 Å². The van der Waals surface area contributed by atoms with Gasteiger partial charge >= 0.3 is 0 Å². The monoisotopic (exact) mass is 210 g/mol. The van der Waals surface area contributed by atoms with Crippen molar-refractivity contribution >= 4 is 24.0 Å². The first kappa shape index (κ1) is 11.2. The number of aryl methyl sites for hydroxylation is 2. The summed E-state index contributed by atoms with van der Waals surface area (Å²) < 4.78 is 0. The van der Waals surface area contributed by atoms with E-state index in [0.717, 1.165) is 35.3 Å². The summed E-state index contributed by atoms with van der Waals surface area (Å²) in [5.41, 5.74) is 16.8. The maximum atomic E-state index is 6.02. The first-order chi connectivity index (χ1) is 6.61. The van der Waals surface area contributed by atoms with Crippen molar-refractivity contribution in [3.05, 3.63) is 22.8 Å². The molecule has 0 bridgehead atoms. The second kappa shape index (κ2) is 4.60. The third-order valence-corrected chi connectivity index (χ3v) is 2.81. The van der Waals surface area contributed by atoms with Gasteiger partial charge in [-0.25, -0.2) is 0 Å². The molecule has 0 unspecified atom stereocenters. The average Bonchev–Trinajstić information content (AvgIpc) is 2.16. The van der Waals surface area contributed by atoms with Gasteiger partial charge in [0.25, 0.3) is 0 Å². The minimum absolute atomic E-state index is 0.607. The fraction of sp³-hybridized carbons (Fsp3) is 0.455. The van der Waals surface area contributed by atoms with Gasteiger partial charge in [-0.15, -0.1) is 0 Å². The molecule has 0 atom stereocenters. The van der Waals surface area contributed by atoms with E-state index in [1.54, 1.807) is 0 Å². The highest BCUT2D eigenvalue weighted by atomic mass is 32.1. The van der Waals surface area contributed by atoms with Crippen molar-refractivity contribution in [2.24, 2.45) is 0 Å². The molecule has 0 spiro atoms. The zero-order valence-corrected chi connectivity index (χ0v) is 9.70. The Morgan fingerprint density at radius 1 is 1.29 bits per heavy atom. The molecule has 1 rings (SSSR count). The third kappa shape index (κ3) is 1.98. The number of hydrogen-bond donors (Lipinski definition) is 3. The maximum absolute atomic E-state index is 6.02. The van der Waals surface area contributed by atoms with Crippen LogP contribution in [0.2, 0.25) is 0 Å². The van der Waals surface area contributed by atoms with Crippen molar-refractivity contribution in [2.45, 2.75) is 32.4 Å². The largest absolute Gasteiger partial charge is 0.398 e. The molecule has 2 nitrogen and oxygen atoms in total. The highest BCUT2D eigenvalue weighted by Crippen LogP contribution is 2.29. The van der Waals surface area contributed by atoms with Crippen molar-refractivity contribution in [1.29, 1.82) is 0 Å². The molecule has 1 aromatic rings. The number of rotatable bonds is 3. The van der Waals surface area contributed by atoms with Crippen LogP contribution in [0.1, 0.15) is 30.0 Å². The Labute approximate surface area is 91.1 Å². The Morgan fingerprint density at radius 3 is 2.43 bits per heavy atom. The van der Waals surface area contributed by atoms with Crippen LogP contribution in [0.3, 0.4) is 0 Å². The molecule has 0 saturated carbocycles. The summed E-state index contributed by atoms with van der Waals surface area (Å²) in [6.07, 6.45) is 2.10. The lowest BCUT2D eigenvalue weighted by molar-refractivity contribution is 0.921. The van der Waals surface area contributed by atoms with Gasteiger partial charge in [0, 0.05) is 22.7 Å². The Kier molecular flexibility index (Phi) is 3.69. The van der Waals surface area contributed by atoms with Crippen molar-refractivity contribution < 1.29 is 0 Å². The maximum Gasteiger partial charge on any atom is 0.0408 e. The Morgan fingerprint density at radius 2 is 1.93 bits per heavy atom. The number of nitrogens with two attached hydrogens (primary N) is 2. The molecule has 14 heavy (non-hydrogen) atoms. The summed E-state index contributed by atoms with van der Waals surface area (Å²) in [5, 5.41) is 0. The van der Waals surface area contributed by atoms with Crippen LogP contribution in [0.5, 0.6) is 0 Å². The minimum atomic E-state index is 0.607. The van der Waals surface area contributed by atoms with E-state index in [4.69, 9.17) is 11.5 Å². The van der Waals surface area contributed by atoms with E-state index < -0.39 is 0 Å². The highest BCUT2D eigenvalue weighted by Gasteiger charge is 2.09. The zero-order chi connectivity index (χ0) is 10.7. The summed E-state index contributed by atoms with van der Waals surface area (Å²) in [4.78, 5) is 0. The van der Waals surface area contributed by atoms with E-state index in [0.29, 0.717) is 5.75 Å². The second-order valence-electron chi connectivity index (χ2n) is 3.57. The predicted octanol–water partition coefficient (Wildman–Crippen LogP) is 2.54. The third-order valence-electron chi connectivity index (χ3n) is 2.49. The van der Waals surface area contributed by atoms with E-state index in [1.807, 2.05) is 6.92 Å². The van der Waals surface area contributed by atoms with E-state index in [1.165, 1.54) is 5.56 Å². The molecule has 0 radical (unpaired) electrons. The van der Waals surface area contributed by atoms with Crippen LogP contribution in [0.4, 0.5) is 11.4 Å². The topological polar surface area (TPSA) is 52.0 Å². The molecule has 1 aromatic carbocycles. The predicted molar refractivity (Wildman–Crippen MR) is 66.7 cm³/mol. The second-order valence-corrected chi connectivity index (χ2v) is 3.88. The van der Waals surface area contributed by atoms with E-state index >= 15 is 0 Å². The molecule has 0 aliphatic rings.